The van der Waals surface area contributed by atoms with Crippen LogP contribution in [0.25, 0.3) is 0 Å². The molecule has 1 aliphatic carbocycles. The first kappa shape index (κ1) is 7.36. The lowest BCUT2D eigenvalue weighted by molar-refractivity contribution is -0.141. The van der Waals surface area contributed by atoms with E-state index < -0.39 is 11.6 Å². The molecule has 0 radical (unpaired) electrons. The molecule has 0 aromatic rings. The third-order valence-electron chi connectivity index (χ3n) is 2.34. The van der Waals surface area contributed by atoms with Crippen LogP contribution in [0.5, 0.6) is 0 Å². The number of allylic oxidation sites excluding steroid dienone is 1. The molecule has 1 heterocycles. The van der Waals surface area contributed by atoms with Gasteiger partial charge in [-0.25, -0.2) is 4.79 Å². The number of hydrogen-bond donors (Lipinski definition) is 2. The van der Waals surface area contributed by atoms with Crippen molar-refractivity contribution in [3.8, 4) is 0 Å². The zero-order valence-electron chi connectivity index (χ0n) is 6.57. The monoisotopic (exact) mass is 167 g/mol. The number of aliphatic carboxylic acids is 1. The Kier molecular flexibility index (Phi) is 1.16. The van der Waals surface area contributed by atoms with Gasteiger partial charge in [0.05, 0.1) is 0 Å². The molecule has 1 aliphatic heterocycles. The van der Waals surface area contributed by atoms with Crippen LogP contribution in [0.4, 0.5) is 0 Å². The molecule has 0 bridgehead atoms. The summed E-state index contributed by atoms with van der Waals surface area (Å²) in [5, 5.41) is 8.80. The Hall–Kier alpha value is -1.29. The first-order valence-corrected chi connectivity index (χ1v) is 3.64. The summed E-state index contributed by atoms with van der Waals surface area (Å²) in [6, 6.07) is 0. The van der Waals surface area contributed by atoms with Gasteiger partial charge >= 0.3 is 5.97 Å². The molecule has 4 heteroatoms. The van der Waals surface area contributed by atoms with Crippen molar-refractivity contribution in [1.29, 1.82) is 0 Å². The molecular weight excluding hydrogens is 158 g/mol. The van der Waals surface area contributed by atoms with E-state index in [1.165, 1.54) is 6.08 Å². The Balaban J connectivity index is 2.37. The van der Waals surface area contributed by atoms with Gasteiger partial charge in [-0.1, -0.05) is 0 Å². The summed E-state index contributed by atoms with van der Waals surface area (Å²) in [5.41, 5.74) is 5.88. The highest BCUT2D eigenvalue weighted by Gasteiger charge is 2.63. The molecule has 2 aliphatic rings. The molecule has 1 fully saturated rings. The lowest BCUT2D eigenvalue weighted by Gasteiger charge is -2.08. The van der Waals surface area contributed by atoms with E-state index in [-0.39, 0.29) is 6.10 Å². The number of carbonyl (C=O) groups is 1. The fraction of sp³-hybridized carbons (Fsp3) is 0.375. The smallest absolute Gasteiger partial charge is 0.343 e. The van der Waals surface area contributed by atoms with Crippen LogP contribution in [0, 0.1) is 0 Å². The second-order valence-corrected chi connectivity index (χ2v) is 3.07. The Morgan fingerprint density at radius 1 is 1.83 bits per heavy atom. The SMILES string of the molecule is CC1=C(N)C=CC2(C(=O)O)OC12. The van der Waals surface area contributed by atoms with Gasteiger partial charge in [-0.15, -0.1) is 0 Å². The number of hydrogen-bond acceptors (Lipinski definition) is 3. The molecule has 0 amide bonds. The van der Waals surface area contributed by atoms with Gasteiger partial charge in [-0.3, -0.25) is 0 Å². The van der Waals surface area contributed by atoms with Gasteiger partial charge in [0.2, 0.25) is 5.60 Å². The van der Waals surface area contributed by atoms with Crippen LogP contribution >= 0.6 is 0 Å². The first-order valence-electron chi connectivity index (χ1n) is 3.64. The summed E-state index contributed by atoms with van der Waals surface area (Å²) in [4.78, 5) is 10.7. The summed E-state index contributed by atoms with van der Waals surface area (Å²) in [6.45, 7) is 1.79. The van der Waals surface area contributed by atoms with Crippen LogP contribution in [0.3, 0.4) is 0 Å². The zero-order valence-corrected chi connectivity index (χ0v) is 6.57. The van der Waals surface area contributed by atoms with E-state index in [4.69, 9.17) is 15.6 Å². The molecular formula is C8H9NO3. The van der Waals surface area contributed by atoms with Crippen molar-refractivity contribution in [2.75, 3.05) is 0 Å². The van der Waals surface area contributed by atoms with Gasteiger partial charge in [0, 0.05) is 5.70 Å². The maximum Gasteiger partial charge on any atom is 0.343 e. The van der Waals surface area contributed by atoms with Crippen molar-refractivity contribution in [2.24, 2.45) is 5.73 Å². The summed E-state index contributed by atoms with van der Waals surface area (Å²) in [5.74, 6) is -0.949. The van der Waals surface area contributed by atoms with E-state index in [9.17, 15) is 4.79 Å². The normalized spacial score (nSPS) is 37.9. The molecule has 0 aromatic carbocycles. The van der Waals surface area contributed by atoms with Gasteiger partial charge in [0.25, 0.3) is 0 Å². The van der Waals surface area contributed by atoms with E-state index in [0.29, 0.717) is 5.70 Å². The maximum atomic E-state index is 10.7. The quantitative estimate of drug-likeness (QED) is 0.539. The molecule has 64 valence electrons. The second kappa shape index (κ2) is 1.90. The number of fused-ring (bicyclic) bond motifs is 1. The van der Waals surface area contributed by atoms with Crippen molar-refractivity contribution in [3.05, 3.63) is 23.4 Å². The van der Waals surface area contributed by atoms with Crippen LogP contribution in [0.2, 0.25) is 0 Å². The molecule has 3 N–H and O–H groups in total. The topological polar surface area (TPSA) is 75.9 Å². The number of carboxylic acids is 1. The highest BCUT2D eigenvalue weighted by Crippen LogP contribution is 2.45. The van der Waals surface area contributed by atoms with Crippen molar-refractivity contribution < 1.29 is 14.6 Å². The van der Waals surface area contributed by atoms with Gasteiger partial charge in [-0.05, 0) is 24.6 Å². The highest BCUT2D eigenvalue weighted by molar-refractivity contribution is 5.86. The van der Waals surface area contributed by atoms with Crippen LogP contribution in [0.1, 0.15) is 6.92 Å². The van der Waals surface area contributed by atoms with Crippen LogP contribution < -0.4 is 5.73 Å². The molecule has 1 saturated heterocycles. The summed E-state index contributed by atoms with van der Waals surface area (Å²) in [7, 11) is 0. The first-order chi connectivity index (χ1) is 5.58. The third-order valence-corrected chi connectivity index (χ3v) is 2.34. The third kappa shape index (κ3) is 0.674. The number of carboxylic acid groups (broad SMARTS) is 1. The molecule has 4 nitrogen and oxygen atoms in total. The summed E-state index contributed by atoms with van der Waals surface area (Å²) >= 11 is 0. The lowest BCUT2D eigenvalue weighted by Crippen LogP contribution is -2.28. The van der Waals surface area contributed by atoms with Gasteiger partial charge in [-0.2, -0.15) is 0 Å². The van der Waals surface area contributed by atoms with Gasteiger partial charge in [0.15, 0.2) is 0 Å². The second-order valence-electron chi connectivity index (χ2n) is 3.07. The van der Waals surface area contributed by atoms with E-state index in [2.05, 4.69) is 0 Å². The van der Waals surface area contributed by atoms with Crippen molar-refractivity contribution in [3.63, 3.8) is 0 Å². The van der Waals surface area contributed by atoms with Gasteiger partial charge < -0.3 is 15.6 Å². The molecule has 12 heavy (non-hydrogen) atoms. The van der Waals surface area contributed by atoms with E-state index >= 15 is 0 Å². The number of rotatable bonds is 1. The van der Waals surface area contributed by atoms with E-state index in [1.807, 2.05) is 0 Å². The standard InChI is InChI=1S/C8H9NO3/c1-4-5(9)2-3-8(7(10)11)6(4)12-8/h2-3,6H,9H2,1H3,(H,10,11). The molecule has 2 rings (SSSR count). The molecule has 2 atom stereocenters. The highest BCUT2D eigenvalue weighted by atomic mass is 16.6. The Morgan fingerprint density at radius 3 is 3.08 bits per heavy atom. The van der Waals surface area contributed by atoms with Gasteiger partial charge in [0.1, 0.15) is 6.10 Å². The minimum absolute atomic E-state index is 0.347. The zero-order chi connectivity index (χ0) is 8.93. The van der Waals surface area contributed by atoms with E-state index in [1.54, 1.807) is 13.0 Å². The van der Waals surface area contributed by atoms with Crippen molar-refractivity contribution >= 4 is 5.97 Å². The van der Waals surface area contributed by atoms with Crippen LogP contribution in [0.15, 0.2) is 23.4 Å². The summed E-state index contributed by atoms with van der Waals surface area (Å²) < 4.78 is 5.09. The number of nitrogens with two attached hydrogens (primary N) is 1. The fourth-order valence-corrected chi connectivity index (χ4v) is 1.43. The Bertz CT molecular complexity index is 318. The van der Waals surface area contributed by atoms with Crippen LogP contribution in [-0.4, -0.2) is 22.8 Å². The van der Waals surface area contributed by atoms with Crippen molar-refractivity contribution in [1.82, 2.24) is 0 Å². The minimum atomic E-state index is -1.10. The van der Waals surface area contributed by atoms with E-state index in [0.717, 1.165) is 5.57 Å². The molecule has 2 unspecified atom stereocenters. The number of epoxide rings is 1. The van der Waals surface area contributed by atoms with Crippen LogP contribution in [-0.2, 0) is 9.53 Å². The van der Waals surface area contributed by atoms with Crippen molar-refractivity contribution in [2.45, 2.75) is 18.6 Å². The minimum Gasteiger partial charge on any atom is -0.479 e. The molecule has 0 spiro atoms. The predicted molar refractivity (Wildman–Crippen MR) is 41.3 cm³/mol. The Labute approximate surface area is 69.3 Å². The average Bonchev–Trinajstić information content (AvgIpc) is 2.74. The molecule has 0 aromatic heterocycles. The lowest BCUT2D eigenvalue weighted by atomic mass is 9.94. The maximum absolute atomic E-state index is 10.7. The Morgan fingerprint density at radius 2 is 2.50 bits per heavy atom. The molecule has 0 saturated carbocycles. The largest absolute Gasteiger partial charge is 0.479 e. The number of ether oxygens (including phenoxy) is 1. The predicted octanol–water partition coefficient (Wildman–Crippen LogP) is 0.0111. The summed E-state index contributed by atoms with van der Waals surface area (Å²) in [6.07, 6.45) is 2.75. The average molecular weight is 167 g/mol. The fourth-order valence-electron chi connectivity index (χ4n) is 1.43.